The highest BCUT2D eigenvalue weighted by Crippen LogP contribution is 2.30. The smallest absolute Gasteiger partial charge is 0.337 e. The summed E-state index contributed by atoms with van der Waals surface area (Å²) in [5, 5.41) is 9.45. The first-order valence-corrected chi connectivity index (χ1v) is 6.18. The van der Waals surface area contributed by atoms with Gasteiger partial charge < -0.3 is 14.7 Å². The molecule has 1 fully saturated rings. The van der Waals surface area contributed by atoms with Crippen LogP contribution in [0.4, 0.5) is 5.69 Å². The minimum Gasteiger partial charge on any atom is -0.465 e. The molecule has 96 valence electrons. The minimum absolute atomic E-state index is 0.130. The second kappa shape index (κ2) is 5.07. The van der Waals surface area contributed by atoms with Crippen molar-refractivity contribution in [3.8, 4) is 0 Å². The van der Waals surface area contributed by atoms with Gasteiger partial charge in [-0.1, -0.05) is 0 Å². The Morgan fingerprint density at radius 1 is 1.56 bits per heavy atom. The number of anilines is 1. The van der Waals surface area contributed by atoms with Crippen LogP contribution in [0.1, 0.15) is 16.8 Å². The summed E-state index contributed by atoms with van der Waals surface area (Å²) in [7, 11) is 1.31. The Morgan fingerprint density at radius 2 is 2.28 bits per heavy atom. The van der Waals surface area contributed by atoms with Gasteiger partial charge in [0, 0.05) is 4.47 Å². The van der Waals surface area contributed by atoms with Crippen molar-refractivity contribution < 1.29 is 19.4 Å². The lowest BCUT2D eigenvalue weighted by Crippen LogP contribution is -2.25. The van der Waals surface area contributed by atoms with Crippen LogP contribution >= 0.6 is 15.9 Å². The molecule has 6 heteroatoms. The van der Waals surface area contributed by atoms with Crippen LogP contribution in [0.3, 0.4) is 0 Å². The van der Waals surface area contributed by atoms with E-state index in [9.17, 15) is 14.7 Å². The van der Waals surface area contributed by atoms with Crippen LogP contribution in [0.5, 0.6) is 0 Å². The van der Waals surface area contributed by atoms with Crippen molar-refractivity contribution in [3.05, 3.63) is 28.2 Å². The molecular weight excluding hydrogens is 302 g/mol. The average Bonchev–Trinajstić information content (AvgIpc) is 2.67. The number of rotatable bonds is 2. The predicted octanol–water partition coefficient (Wildman–Crippen LogP) is 1.33. The molecule has 0 bridgehead atoms. The zero-order chi connectivity index (χ0) is 13.3. The van der Waals surface area contributed by atoms with Gasteiger partial charge in [-0.2, -0.15) is 0 Å². The van der Waals surface area contributed by atoms with Crippen LogP contribution in [0.25, 0.3) is 0 Å². The molecule has 0 aliphatic carbocycles. The number of aliphatic hydroxyl groups excluding tert-OH is 1. The highest BCUT2D eigenvalue weighted by atomic mass is 79.9. The van der Waals surface area contributed by atoms with E-state index in [1.165, 1.54) is 12.0 Å². The van der Waals surface area contributed by atoms with Crippen LogP contribution in [0.15, 0.2) is 22.7 Å². The normalized spacial score (nSPS) is 19.2. The SMILES string of the molecule is COC(=O)c1ccc(N2CC(O)CC2=O)c(Br)c1. The monoisotopic (exact) mass is 313 g/mol. The molecule has 1 aromatic rings. The topological polar surface area (TPSA) is 66.8 Å². The molecule has 1 aliphatic rings. The number of amides is 1. The molecule has 1 saturated heterocycles. The summed E-state index contributed by atoms with van der Waals surface area (Å²) < 4.78 is 5.23. The number of ether oxygens (including phenoxy) is 1. The fourth-order valence-corrected chi connectivity index (χ4v) is 2.49. The van der Waals surface area contributed by atoms with Crippen molar-refractivity contribution in [3.63, 3.8) is 0 Å². The van der Waals surface area contributed by atoms with Gasteiger partial charge in [-0.05, 0) is 34.1 Å². The molecule has 2 rings (SSSR count). The van der Waals surface area contributed by atoms with Gasteiger partial charge >= 0.3 is 5.97 Å². The number of methoxy groups -OCH3 is 1. The molecule has 1 unspecified atom stereocenters. The van der Waals surface area contributed by atoms with Crippen molar-refractivity contribution in [1.29, 1.82) is 0 Å². The number of carbonyl (C=O) groups is 2. The van der Waals surface area contributed by atoms with Gasteiger partial charge in [-0.15, -0.1) is 0 Å². The van der Waals surface area contributed by atoms with Crippen molar-refractivity contribution in [2.75, 3.05) is 18.6 Å². The Morgan fingerprint density at radius 3 is 2.78 bits per heavy atom. The van der Waals surface area contributed by atoms with Gasteiger partial charge in [0.15, 0.2) is 0 Å². The molecule has 5 nitrogen and oxygen atoms in total. The lowest BCUT2D eigenvalue weighted by atomic mass is 10.2. The Balaban J connectivity index is 2.30. The summed E-state index contributed by atoms with van der Waals surface area (Å²) in [6.45, 7) is 0.273. The Hall–Kier alpha value is -1.40. The van der Waals surface area contributed by atoms with Crippen molar-refractivity contribution in [2.45, 2.75) is 12.5 Å². The van der Waals surface area contributed by atoms with Gasteiger partial charge in [0.05, 0.1) is 37.4 Å². The Bertz CT molecular complexity index is 503. The van der Waals surface area contributed by atoms with Crippen molar-refractivity contribution in [1.82, 2.24) is 0 Å². The van der Waals surface area contributed by atoms with E-state index < -0.39 is 12.1 Å². The first-order chi connectivity index (χ1) is 8.52. The molecule has 1 amide bonds. The zero-order valence-corrected chi connectivity index (χ0v) is 11.3. The number of benzene rings is 1. The number of nitrogens with zero attached hydrogens (tertiary/aromatic N) is 1. The van der Waals surface area contributed by atoms with E-state index in [1.54, 1.807) is 18.2 Å². The second-order valence-electron chi connectivity index (χ2n) is 4.02. The number of β-amino-alcohol motifs (C(OH)–C–C–N with tert-alkyl or cyclic N) is 1. The summed E-state index contributed by atoms with van der Waals surface area (Å²) in [5.74, 6) is -0.566. The number of hydrogen-bond donors (Lipinski definition) is 1. The van der Waals surface area contributed by atoms with E-state index in [0.717, 1.165) is 0 Å². The van der Waals surface area contributed by atoms with Crippen LogP contribution in [-0.2, 0) is 9.53 Å². The summed E-state index contributed by atoms with van der Waals surface area (Å²) in [6, 6.07) is 4.84. The standard InChI is InChI=1S/C12H12BrNO4/c1-18-12(17)7-2-3-10(9(13)4-7)14-6-8(15)5-11(14)16/h2-4,8,15H,5-6H2,1H3. The zero-order valence-electron chi connectivity index (χ0n) is 9.72. The molecule has 0 saturated carbocycles. The van der Waals surface area contributed by atoms with E-state index in [0.29, 0.717) is 15.7 Å². The minimum atomic E-state index is -0.635. The van der Waals surface area contributed by atoms with Crippen LogP contribution in [0.2, 0.25) is 0 Å². The highest BCUT2D eigenvalue weighted by molar-refractivity contribution is 9.10. The molecule has 0 radical (unpaired) electrons. The summed E-state index contributed by atoms with van der Waals surface area (Å²) in [6.07, 6.45) is -0.504. The maximum atomic E-state index is 11.7. The van der Waals surface area contributed by atoms with E-state index in [4.69, 9.17) is 0 Å². The van der Waals surface area contributed by atoms with Crippen molar-refractivity contribution in [2.24, 2.45) is 0 Å². The molecular formula is C12H12BrNO4. The molecule has 1 atom stereocenters. The third kappa shape index (κ3) is 2.39. The molecule has 1 aliphatic heterocycles. The molecule has 0 spiro atoms. The number of aliphatic hydroxyl groups is 1. The van der Waals surface area contributed by atoms with Crippen LogP contribution in [0, 0.1) is 0 Å². The first-order valence-electron chi connectivity index (χ1n) is 5.39. The average molecular weight is 314 g/mol. The molecule has 1 N–H and O–H groups in total. The summed E-state index contributed by atoms with van der Waals surface area (Å²) in [5.41, 5.74) is 1.05. The molecule has 1 aromatic carbocycles. The molecule has 1 heterocycles. The summed E-state index contributed by atoms with van der Waals surface area (Å²) in [4.78, 5) is 24.5. The Labute approximate surface area is 112 Å². The van der Waals surface area contributed by atoms with Gasteiger partial charge in [0.1, 0.15) is 0 Å². The number of carbonyl (C=O) groups excluding carboxylic acids is 2. The van der Waals surface area contributed by atoms with E-state index in [1.807, 2.05) is 0 Å². The number of esters is 1. The molecule has 18 heavy (non-hydrogen) atoms. The number of halogens is 1. The number of hydrogen-bond acceptors (Lipinski definition) is 4. The van der Waals surface area contributed by atoms with Gasteiger partial charge in [0.2, 0.25) is 5.91 Å². The van der Waals surface area contributed by atoms with E-state index >= 15 is 0 Å². The maximum absolute atomic E-state index is 11.7. The maximum Gasteiger partial charge on any atom is 0.337 e. The quantitative estimate of drug-likeness (QED) is 0.837. The predicted molar refractivity (Wildman–Crippen MR) is 68.5 cm³/mol. The van der Waals surface area contributed by atoms with Gasteiger partial charge in [-0.3, -0.25) is 4.79 Å². The fraction of sp³-hybridized carbons (Fsp3) is 0.333. The van der Waals surface area contributed by atoms with Crippen molar-refractivity contribution >= 4 is 33.5 Å². The highest BCUT2D eigenvalue weighted by Gasteiger charge is 2.30. The third-order valence-electron chi connectivity index (χ3n) is 2.76. The molecule has 0 aromatic heterocycles. The fourth-order valence-electron chi connectivity index (χ4n) is 1.89. The first kappa shape index (κ1) is 13.0. The van der Waals surface area contributed by atoms with Crippen LogP contribution < -0.4 is 4.90 Å². The Kier molecular flexibility index (Phi) is 3.68. The van der Waals surface area contributed by atoms with E-state index in [-0.39, 0.29) is 18.9 Å². The van der Waals surface area contributed by atoms with Gasteiger partial charge in [-0.25, -0.2) is 4.79 Å². The second-order valence-corrected chi connectivity index (χ2v) is 4.87. The summed E-state index contributed by atoms with van der Waals surface area (Å²) >= 11 is 3.32. The van der Waals surface area contributed by atoms with Gasteiger partial charge in [0.25, 0.3) is 0 Å². The van der Waals surface area contributed by atoms with Crippen LogP contribution in [-0.4, -0.2) is 36.7 Å². The lowest BCUT2D eigenvalue weighted by Gasteiger charge is -2.18. The van der Waals surface area contributed by atoms with E-state index in [2.05, 4.69) is 20.7 Å². The third-order valence-corrected chi connectivity index (χ3v) is 3.40. The lowest BCUT2D eigenvalue weighted by molar-refractivity contribution is -0.117. The largest absolute Gasteiger partial charge is 0.465 e.